The normalized spacial score (nSPS) is 18.3. The summed E-state index contributed by atoms with van der Waals surface area (Å²) in [5.41, 5.74) is 2.09. The Morgan fingerprint density at radius 1 is 1.09 bits per heavy atom. The number of phenolic OH excluding ortho intramolecular Hbond substituents is 1. The van der Waals surface area contributed by atoms with Crippen molar-refractivity contribution in [3.8, 4) is 11.5 Å². The molecule has 35 heavy (non-hydrogen) atoms. The second-order valence-electron chi connectivity index (χ2n) is 9.16. The van der Waals surface area contributed by atoms with Crippen LogP contribution in [0.2, 0.25) is 0 Å². The van der Waals surface area contributed by atoms with Crippen LogP contribution in [0.15, 0.2) is 35.5 Å². The smallest absolute Gasteiger partial charge is 0.225 e. The number of hydrogen-bond acceptors (Lipinski definition) is 8. The van der Waals surface area contributed by atoms with Gasteiger partial charge in [0.2, 0.25) is 5.91 Å². The Morgan fingerprint density at radius 2 is 1.80 bits per heavy atom. The second-order valence-corrected chi connectivity index (χ2v) is 11.1. The number of sulfone groups is 1. The van der Waals surface area contributed by atoms with E-state index in [-0.39, 0.29) is 16.7 Å². The highest BCUT2D eigenvalue weighted by atomic mass is 32.2. The van der Waals surface area contributed by atoms with Gasteiger partial charge in [-0.1, -0.05) is 0 Å². The number of aromatic nitrogens is 1. The molecular weight excluding hydrogens is 470 g/mol. The lowest BCUT2D eigenvalue weighted by Gasteiger charge is -2.31. The molecule has 1 aromatic carbocycles. The van der Waals surface area contributed by atoms with Crippen LogP contribution < -0.4 is 9.64 Å². The first-order valence-corrected chi connectivity index (χ1v) is 13.9. The average Bonchev–Trinajstić information content (AvgIpc) is 3.38. The standard InChI is InChI=1S/C15H16N2O4S.C10H17NO2/c1-10-7-11(9-16-15(10)22(2,19)20)17-5-6-21-14-4-3-12(18)8-13(14)17;12-10(11-5-1-2-6-11)9-3-7-13-8-4-9/h3-4,7-9,18H,5-6H2,1-2H3;9H,1-8H2. The molecule has 9 nitrogen and oxygen atoms in total. The van der Waals surface area contributed by atoms with E-state index in [9.17, 15) is 18.3 Å². The number of aryl methyl sites for hydroxylation is 1. The fraction of sp³-hybridized carbons (Fsp3) is 0.520. The molecule has 2 aromatic rings. The number of rotatable bonds is 3. The third-order valence-electron chi connectivity index (χ3n) is 6.47. The number of carbonyl (C=O) groups is 1. The molecule has 0 unspecified atom stereocenters. The molecule has 3 aliphatic rings. The SMILES string of the molecule is Cc1cc(N2CCOc3ccc(O)cc32)cnc1S(C)(=O)=O.O=C(C1CCOCC1)N1CCCC1. The van der Waals surface area contributed by atoms with Crippen LogP contribution in [0.1, 0.15) is 31.2 Å². The van der Waals surface area contributed by atoms with Gasteiger partial charge in [-0.25, -0.2) is 13.4 Å². The molecule has 0 aliphatic carbocycles. The third-order valence-corrected chi connectivity index (χ3v) is 7.60. The third kappa shape index (κ3) is 6.05. The lowest BCUT2D eigenvalue weighted by molar-refractivity contribution is -0.137. The van der Waals surface area contributed by atoms with Crippen molar-refractivity contribution in [2.45, 2.75) is 37.6 Å². The molecule has 1 amide bonds. The summed E-state index contributed by atoms with van der Waals surface area (Å²) in [6, 6.07) is 6.68. The highest BCUT2D eigenvalue weighted by Crippen LogP contribution is 2.39. The van der Waals surface area contributed by atoms with Crippen LogP contribution in [0.5, 0.6) is 11.5 Å². The average molecular weight is 504 g/mol. The predicted octanol–water partition coefficient (Wildman–Crippen LogP) is 3.07. The molecular formula is C25H33N3O6S. The molecule has 1 aromatic heterocycles. The van der Waals surface area contributed by atoms with Crippen molar-refractivity contribution in [3.63, 3.8) is 0 Å². The summed E-state index contributed by atoms with van der Waals surface area (Å²) in [4.78, 5) is 19.9. The van der Waals surface area contributed by atoms with Crippen molar-refractivity contribution in [1.82, 2.24) is 9.88 Å². The van der Waals surface area contributed by atoms with Crippen molar-refractivity contribution >= 4 is 27.1 Å². The van der Waals surface area contributed by atoms with Gasteiger partial charge < -0.3 is 24.4 Å². The Labute approximate surface area is 206 Å². The van der Waals surface area contributed by atoms with Gasteiger partial charge in [-0.15, -0.1) is 0 Å². The van der Waals surface area contributed by atoms with E-state index < -0.39 is 9.84 Å². The lowest BCUT2D eigenvalue weighted by Crippen LogP contribution is -2.36. The zero-order valence-corrected chi connectivity index (χ0v) is 21.1. The number of carbonyl (C=O) groups excluding carboxylic acids is 1. The molecule has 2 saturated heterocycles. The van der Waals surface area contributed by atoms with Gasteiger partial charge in [0.25, 0.3) is 0 Å². The topological polar surface area (TPSA) is 109 Å². The van der Waals surface area contributed by atoms with Gasteiger partial charge in [0.1, 0.15) is 18.1 Å². The highest BCUT2D eigenvalue weighted by Gasteiger charge is 2.27. The Hall–Kier alpha value is -2.85. The number of likely N-dealkylation sites (tertiary alicyclic amines) is 1. The van der Waals surface area contributed by atoms with Crippen LogP contribution in [0.3, 0.4) is 0 Å². The number of amides is 1. The zero-order valence-electron chi connectivity index (χ0n) is 20.3. The van der Waals surface area contributed by atoms with E-state index in [0.29, 0.717) is 30.4 Å². The van der Waals surface area contributed by atoms with Gasteiger partial charge in [-0.05, 0) is 56.4 Å². The van der Waals surface area contributed by atoms with Crippen LogP contribution in [-0.2, 0) is 19.4 Å². The Balaban J connectivity index is 0.000000189. The molecule has 0 spiro atoms. The first kappa shape index (κ1) is 25.2. The van der Waals surface area contributed by atoms with E-state index >= 15 is 0 Å². The molecule has 0 radical (unpaired) electrons. The number of ether oxygens (including phenoxy) is 2. The predicted molar refractivity (Wildman–Crippen MR) is 132 cm³/mol. The fourth-order valence-electron chi connectivity index (χ4n) is 4.70. The summed E-state index contributed by atoms with van der Waals surface area (Å²) in [5, 5.41) is 9.77. The minimum absolute atomic E-state index is 0.0839. The molecule has 5 rings (SSSR count). The number of phenols is 1. The first-order valence-electron chi connectivity index (χ1n) is 12.0. The number of pyridine rings is 1. The highest BCUT2D eigenvalue weighted by molar-refractivity contribution is 7.90. The summed E-state index contributed by atoms with van der Waals surface area (Å²) in [6.07, 6.45) is 6.90. The van der Waals surface area contributed by atoms with Crippen molar-refractivity contribution in [2.75, 3.05) is 50.6 Å². The van der Waals surface area contributed by atoms with Crippen molar-refractivity contribution in [3.05, 3.63) is 36.0 Å². The van der Waals surface area contributed by atoms with Crippen LogP contribution in [0, 0.1) is 12.8 Å². The molecule has 0 saturated carbocycles. The van der Waals surface area contributed by atoms with Gasteiger partial charge in [0.05, 0.1) is 24.1 Å². The zero-order chi connectivity index (χ0) is 25.0. The van der Waals surface area contributed by atoms with E-state index in [4.69, 9.17) is 9.47 Å². The van der Waals surface area contributed by atoms with Crippen LogP contribution >= 0.6 is 0 Å². The number of fused-ring (bicyclic) bond motifs is 1. The van der Waals surface area contributed by atoms with E-state index in [0.717, 1.165) is 56.8 Å². The molecule has 190 valence electrons. The second kappa shape index (κ2) is 10.8. The summed E-state index contributed by atoms with van der Waals surface area (Å²) < 4.78 is 34.1. The maximum absolute atomic E-state index is 11.9. The van der Waals surface area contributed by atoms with Crippen LogP contribution in [0.25, 0.3) is 0 Å². The molecule has 2 fully saturated rings. The van der Waals surface area contributed by atoms with E-state index in [1.807, 2.05) is 9.80 Å². The maximum Gasteiger partial charge on any atom is 0.225 e. The number of hydrogen-bond donors (Lipinski definition) is 1. The van der Waals surface area contributed by atoms with Gasteiger partial charge in [-0.3, -0.25) is 4.79 Å². The summed E-state index contributed by atoms with van der Waals surface area (Å²) in [7, 11) is -3.34. The van der Waals surface area contributed by atoms with Gasteiger partial charge in [0, 0.05) is 44.5 Å². The maximum atomic E-state index is 11.9. The van der Waals surface area contributed by atoms with Crippen molar-refractivity contribution in [2.24, 2.45) is 5.92 Å². The summed E-state index contributed by atoms with van der Waals surface area (Å²) in [5.74, 6) is 1.45. The molecule has 10 heteroatoms. The Bertz CT molecular complexity index is 1160. The van der Waals surface area contributed by atoms with Crippen molar-refractivity contribution < 1.29 is 27.8 Å². The van der Waals surface area contributed by atoms with E-state index in [1.54, 1.807) is 31.2 Å². The van der Waals surface area contributed by atoms with Crippen LogP contribution in [0.4, 0.5) is 11.4 Å². The Kier molecular flexibility index (Phi) is 7.81. The molecule has 1 N–H and O–H groups in total. The summed E-state index contributed by atoms with van der Waals surface area (Å²) >= 11 is 0. The number of aromatic hydroxyl groups is 1. The molecule has 4 heterocycles. The molecule has 0 bridgehead atoms. The minimum Gasteiger partial charge on any atom is -0.508 e. The molecule has 0 atom stereocenters. The number of benzene rings is 1. The number of anilines is 2. The van der Waals surface area contributed by atoms with E-state index in [1.165, 1.54) is 19.0 Å². The minimum atomic E-state index is -3.34. The Morgan fingerprint density at radius 3 is 2.46 bits per heavy atom. The monoisotopic (exact) mass is 503 g/mol. The van der Waals surface area contributed by atoms with Gasteiger partial charge >= 0.3 is 0 Å². The molecule has 3 aliphatic heterocycles. The van der Waals surface area contributed by atoms with Crippen molar-refractivity contribution in [1.29, 1.82) is 0 Å². The lowest BCUT2D eigenvalue weighted by atomic mass is 9.99. The van der Waals surface area contributed by atoms with E-state index in [2.05, 4.69) is 4.98 Å². The quantitative estimate of drug-likeness (QED) is 0.681. The largest absolute Gasteiger partial charge is 0.508 e. The summed E-state index contributed by atoms with van der Waals surface area (Å²) in [6.45, 7) is 6.32. The fourth-order valence-corrected chi connectivity index (χ4v) is 5.59. The number of nitrogens with zero attached hydrogens (tertiary/aromatic N) is 3. The first-order chi connectivity index (χ1) is 16.7. The van der Waals surface area contributed by atoms with Gasteiger partial charge in [-0.2, -0.15) is 0 Å². The van der Waals surface area contributed by atoms with Gasteiger partial charge in [0.15, 0.2) is 14.9 Å². The van der Waals surface area contributed by atoms with Crippen LogP contribution in [-0.4, -0.2) is 75.0 Å².